The van der Waals surface area contributed by atoms with Crippen molar-refractivity contribution in [2.75, 3.05) is 0 Å². The Bertz CT molecular complexity index is 299. The maximum absolute atomic E-state index is 11.8. The van der Waals surface area contributed by atoms with Gasteiger partial charge in [0.15, 0.2) is 8.24 Å². The second kappa shape index (κ2) is 6.14. The van der Waals surface area contributed by atoms with E-state index in [1.54, 1.807) is 4.57 Å². The van der Waals surface area contributed by atoms with Gasteiger partial charge in [-0.2, -0.15) is 0 Å². The van der Waals surface area contributed by atoms with Crippen LogP contribution in [0.25, 0.3) is 0 Å². The highest BCUT2D eigenvalue weighted by atomic mass is 28.3. The zero-order valence-electron chi connectivity index (χ0n) is 11.2. The summed E-state index contributed by atoms with van der Waals surface area (Å²) in [6.45, 7) is 6.49. The third-order valence-electron chi connectivity index (χ3n) is 3.49. The fourth-order valence-corrected chi connectivity index (χ4v) is 6.54. The van der Waals surface area contributed by atoms with Crippen LogP contribution < -0.4 is 0 Å². The van der Waals surface area contributed by atoms with Crippen molar-refractivity contribution in [2.24, 2.45) is 0 Å². The van der Waals surface area contributed by atoms with Crippen LogP contribution in [0.3, 0.4) is 0 Å². The van der Waals surface area contributed by atoms with Gasteiger partial charge in [0.05, 0.1) is 0 Å². The van der Waals surface area contributed by atoms with Crippen LogP contribution in [0.1, 0.15) is 39.5 Å². The molecule has 1 heterocycles. The lowest BCUT2D eigenvalue weighted by Crippen LogP contribution is -2.54. The van der Waals surface area contributed by atoms with Gasteiger partial charge >= 0.3 is 0 Å². The van der Waals surface area contributed by atoms with Gasteiger partial charge in [-0.3, -0.25) is 9.59 Å². The largest absolute Gasteiger partial charge is 0.305 e. The Kier molecular flexibility index (Phi) is 5.12. The molecule has 0 aromatic rings. The van der Waals surface area contributed by atoms with Gasteiger partial charge in [-0.15, -0.1) is 0 Å². The van der Waals surface area contributed by atoms with Crippen LogP contribution in [0.4, 0.5) is 0 Å². The van der Waals surface area contributed by atoms with Crippen LogP contribution in [0.2, 0.25) is 18.6 Å². The molecule has 0 aromatic carbocycles. The van der Waals surface area contributed by atoms with Crippen LogP contribution in [-0.2, 0) is 9.59 Å². The SMILES string of the molecule is CCCC[Si](C)(CCCC)N1C(=O)C=CC1=O. The maximum atomic E-state index is 11.8. The molecule has 1 aliphatic rings. The molecular formula is C13H23NO2Si. The van der Waals surface area contributed by atoms with Gasteiger partial charge in [-0.05, 0) is 12.1 Å². The summed E-state index contributed by atoms with van der Waals surface area (Å²) >= 11 is 0. The number of unbranched alkanes of at least 4 members (excludes halogenated alkanes) is 2. The van der Waals surface area contributed by atoms with Crippen LogP contribution >= 0.6 is 0 Å². The quantitative estimate of drug-likeness (QED) is 0.516. The molecule has 0 fully saturated rings. The van der Waals surface area contributed by atoms with Gasteiger partial charge in [0.25, 0.3) is 0 Å². The molecular weight excluding hydrogens is 230 g/mol. The molecule has 0 radical (unpaired) electrons. The maximum Gasteiger partial charge on any atom is 0.245 e. The van der Waals surface area contributed by atoms with E-state index in [2.05, 4.69) is 20.4 Å². The van der Waals surface area contributed by atoms with Crippen LogP contribution in [-0.4, -0.2) is 24.6 Å². The first kappa shape index (κ1) is 14.2. The van der Waals surface area contributed by atoms with Crippen molar-refractivity contribution in [3.8, 4) is 0 Å². The Morgan fingerprint density at radius 3 is 1.76 bits per heavy atom. The molecule has 0 aromatic heterocycles. The van der Waals surface area contributed by atoms with Crippen molar-refractivity contribution in [1.29, 1.82) is 0 Å². The molecule has 1 rings (SSSR count). The number of hydrogen-bond acceptors (Lipinski definition) is 2. The highest BCUT2D eigenvalue weighted by molar-refractivity contribution is 6.81. The smallest absolute Gasteiger partial charge is 0.245 e. The molecule has 0 spiro atoms. The lowest BCUT2D eigenvalue weighted by Gasteiger charge is -2.35. The van der Waals surface area contributed by atoms with Crippen molar-refractivity contribution in [3.63, 3.8) is 0 Å². The minimum atomic E-state index is -1.91. The number of rotatable bonds is 7. The molecule has 0 bridgehead atoms. The minimum absolute atomic E-state index is 0.0867. The standard InChI is InChI=1S/C13H23NO2Si/c1-4-6-10-17(3,11-7-5-2)14-12(15)8-9-13(14)16/h8-9H,4-7,10-11H2,1-3H3. The minimum Gasteiger partial charge on any atom is -0.305 e. The van der Waals surface area contributed by atoms with Crippen LogP contribution in [0, 0.1) is 0 Å². The van der Waals surface area contributed by atoms with Crippen molar-refractivity contribution in [2.45, 2.75) is 58.2 Å². The highest BCUT2D eigenvalue weighted by Crippen LogP contribution is 2.28. The van der Waals surface area contributed by atoms with Crippen molar-refractivity contribution < 1.29 is 9.59 Å². The zero-order chi connectivity index (χ0) is 12.9. The topological polar surface area (TPSA) is 37.4 Å². The molecule has 17 heavy (non-hydrogen) atoms. The summed E-state index contributed by atoms with van der Waals surface area (Å²) < 4.78 is 1.60. The molecule has 1 aliphatic heterocycles. The van der Waals surface area contributed by atoms with E-state index in [0.29, 0.717) is 0 Å². The lowest BCUT2D eigenvalue weighted by molar-refractivity contribution is -0.131. The lowest BCUT2D eigenvalue weighted by atomic mass is 10.4. The van der Waals surface area contributed by atoms with E-state index in [9.17, 15) is 9.59 Å². The molecule has 0 atom stereocenters. The number of amides is 2. The highest BCUT2D eigenvalue weighted by Gasteiger charge is 2.41. The van der Waals surface area contributed by atoms with E-state index in [4.69, 9.17) is 0 Å². The van der Waals surface area contributed by atoms with Crippen molar-refractivity contribution in [3.05, 3.63) is 12.2 Å². The second-order valence-corrected chi connectivity index (χ2v) is 9.49. The average molecular weight is 253 g/mol. The van der Waals surface area contributed by atoms with Gasteiger partial charge < -0.3 is 4.57 Å². The Hall–Kier alpha value is -0.903. The molecule has 96 valence electrons. The molecule has 4 heteroatoms. The number of imide groups is 1. The first-order chi connectivity index (χ1) is 8.05. The van der Waals surface area contributed by atoms with E-state index in [1.807, 2.05) is 0 Å². The van der Waals surface area contributed by atoms with Crippen molar-refractivity contribution >= 4 is 20.0 Å². The van der Waals surface area contributed by atoms with Crippen molar-refractivity contribution in [1.82, 2.24) is 4.57 Å². The average Bonchev–Trinajstić information content (AvgIpc) is 2.64. The Labute approximate surface area is 105 Å². The molecule has 3 nitrogen and oxygen atoms in total. The fraction of sp³-hybridized carbons (Fsp3) is 0.692. The molecule has 0 N–H and O–H groups in total. The van der Waals surface area contributed by atoms with Gasteiger partial charge in [0, 0.05) is 12.2 Å². The summed E-state index contributed by atoms with van der Waals surface area (Å²) in [5, 5.41) is 0. The first-order valence-electron chi connectivity index (χ1n) is 6.61. The summed E-state index contributed by atoms with van der Waals surface area (Å²) in [6, 6.07) is 2.09. The van der Waals surface area contributed by atoms with E-state index in [0.717, 1.165) is 37.8 Å². The summed E-state index contributed by atoms with van der Waals surface area (Å²) in [7, 11) is -1.91. The molecule has 0 unspecified atom stereocenters. The number of carbonyl (C=O) groups is 2. The summed E-state index contributed by atoms with van der Waals surface area (Å²) in [6.07, 6.45) is 7.32. The van der Waals surface area contributed by atoms with E-state index < -0.39 is 8.24 Å². The summed E-state index contributed by atoms with van der Waals surface area (Å²) in [5.41, 5.74) is 0. The van der Waals surface area contributed by atoms with E-state index >= 15 is 0 Å². The van der Waals surface area contributed by atoms with Gasteiger partial charge in [0.1, 0.15) is 0 Å². The zero-order valence-corrected chi connectivity index (χ0v) is 12.2. The predicted octanol–water partition coefficient (Wildman–Crippen LogP) is 3.09. The van der Waals surface area contributed by atoms with Gasteiger partial charge in [-0.1, -0.05) is 46.1 Å². The Morgan fingerprint density at radius 2 is 1.41 bits per heavy atom. The van der Waals surface area contributed by atoms with E-state index in [1.165, 1.54) is 12.2 Å². The number of carbonyl (C=O) groups excluding carboxylic acids is 2. The van der Waals surface area contributed by atoms with Gasteiger partial charge in [-0.25, -0.2) is 0 Å². The summed E-state index contributed by atoms with van der Waals surface area (Å²) in [4.78, 5) is 23.6. The first-order valence-corrected chi connectivity index (χ1v) is 9.47. The van der Waals surface area contributed by atoms with E-state index in [-0.39, 0.29) is 11.8 Å². The molecule has 0 saturated heterocycles. The normalized spacial score (nSPS) is 16.1. The number of nitrogens with zero attached hydrogens (tertiary/aromatic N) is 1. The third-order valence-corrected chi connectivity index (χ3v) is 7.87. The third kappa shape index (κ3) is 3.28. The molecule has 0 aliphatic carbocycles. The van der Waals surface area contributed by atoms with Crippen LogP contribution in [0.5, 0.6) is 0 Å². The fourth-order valence-electron chi connectivity index (χ4n) is 2.40. The molecule has 2 amide bonds. The predicted molar refractivity (Wildman–Crippen MR) is 72.0 cm³/mol. The summed E-state index contributed by atoms with van der Waals surface area (Å²) in [5.74, 6) is -0.173. The Balaban J connectivity index is 2.81. The molecule has 0 saturated carbocycles. The van der Waals surface area contributed by atoms with Gasteiger partial charge in [0.2, 0.25) is 11.8 Å². The second-order valence-electron chi connectivity index (χ2n) is 5.05. The Morgan fingerprint density at radius 1 is 1.00 bits per heavy atom. The monoisotopic (exact) mass is 253 g/mol. The number of hydrogen-bond donors (Lipinski definition) is 0. The van der Waals surface area contributed by atoms with Crippen LogP contribution in [0.15, 0.2) is 12.2 Å².